The van der Waals surface area contributed by atoms with Crippen LogP contribution in [0, 0.1) is 0 Å². The Bertz CT molecular complexity index is 911. The molecule has 0 saturated carbocycles. The maximum absolute atomic E-state index is 12.9. The molecule has 2 heterocycles. The van der Waals surface area contributed by atoms with Crippen LogP contribution in [0.25, 0.3) is 0 Å². The van der Waals surface area contributed by atoms with E-state index in [2.05, 4.69) is 5.32 Å². The van der Waals surface area contributed by atoms with E-state index in [4.69, 9.17) is 5.11 Å². The van der Waals surface area contributed by atoms with Crippen molar-refractivity contribution in [3.05, 3.63) is 29.3 Å². The molecular weight excluding hydrogens is 388 g/mol. The van der Waals surface area contributed by atoms with Crippen LogP contribution >= 0.6 is 0 Å². The molecule has 1 aromatic rings. The molecular formula is C18H18N2O7S. The van der Waals surface area contributed by atoms with E-state index < -0.39 is 46.4 Å². The second kappa shape index (κ2) is 8.01. The first-order valence-corrected chi connectivity index (χ1v) is 10.1. The van der Waals surface area contributed by atoms with Gasteiger partial charge in [-0.15, -0.1) is 0 Å². The topological polar surface area (TPSA) is 138 Å². The summed E-state index contributed by atoms with van der Waals surface area (Å²) in [4.78, 5) is 60.6. The first-order valence-electron chi connectivity index (χ1n) is 8.76. The monoisotopic (exact) mass is 406 g/mol. The van der Waals surface area contributed by atoms with Crippen LogP contribution in [0.1, 0.15) is 52.8 Å². The fraction of sp³-hybridized carbons (Fsp3) is 0.389. The summed E-state index contributed by atoms with van der Waals surface area (Å²) in [6.07, 6.45) is 0.771. The van der Waals surface area contributed by atoms with Crippen LogP contribution < -0.4 is 5.32 Å². The molecule has 2 unspecified atom stereocenters. The second-order valence-electron chi connectivity index (χ2n) is 6.53. The molecule has 2 atom stereocenters. The van der Waals surface area contributed by atoms with E-state index >= 15 is 0 Å². The zero-order valence-electron chi connectivity index (χ0n) is 14.8. The van der Waals surface area contributed by atoms with E-state index in [-0.39, 0.29) is 41.0 Å². The van der Waals surface area contributed by atoms with Crippen LogP contribution in [0.2, 0.25) is 0 Å². The molecule has 0 aliphatic carbocycles. The van der Waals surface area contributed by atoms with E-state index in [1.807, 2.05) is 0 Å². The highest BCUT2D eigenvalue weighted by Gasteiger charge is 2.45. The third-order valence-corrected chi connectivity index (χ3v) is 6.14. The minimum absolute atomic E-state index is 0.00812. The molecule has 4 amide bonds. The average molecular weight is 406 g/mol. The fourth-order valence-electron chi connectivity index (χ4n) is 3.29. The number of amides is 4. The molecule has 1 aromatic carbocycles. The van der Waals surface area contributed by atoms with Gasteiger partial charge in [-0.05, 0) is 31.4 Å². The minimum atomic E-state index is -1.60. The molecule has 3 rings (SSSR count). The predicted octanol–water partition coefficient (Wildman–Crippen LogP) is 0.450. The minimum Gasteiger partial charge on any atom is -0.481 e. The highest BCUT2D eigenvalue weighted by molar-refractivity contribution is 7.85. The molecule has 0 radical (unpaired) electrons. The lowest BCUT2D eigenvalue weighted by molar-refractivity contribution is -0.138. The van der Waals surface area contributed by atoms with E-state index in [9.17, 15) is 28.2 Å². The van der Waals surface area contributed by atoms with Crippen molar-refractivity contribution in [2.24, 2.45) is 0 Å². The average Bonchev–Trinajstić information content (AvgIpc) is 2.90. The standard InChI is InChI=1S/C18H18N2O7S/c21-13-8-7-11(16(24)19-13)20-17(25)10-4-3-5-12(15(10)18(20)26)28(27)9-2-1-6-14(22)23/h3-5,11H,1-2,6-9H2,(H,22,23)(H,19,21,24). The lowest BCUT2D eigenvalue weighted by atomic mass is 10.0. The fourth-order valence-corrected chi connectivity index (χ4v) is 4.63. The molecule has 9 nitrogen and oxygen atoms in total. The van der Waals surface area contributed by atoms with E-state index in [0.717, 1.165) is 4.90 Å². The van der Waals surface area contributed by atoms with Crippen molar-refractivity contribution in [3.63, 3.8) is 0 Å². The Balaban J connectivity index is 1.82. The summed E-state index contributed by atoms with van der Waals surface area (Å²) >= 11 is 0. The summed E-state index contributed by atoms with van der Waals surface area (Å²) in [7, 11) is -1.60. The van der Waals surface area contributed by atoms with Gasteiger partial charge in [-0.3, -0.25) is 38.4 Å². The Morgan fingerprint density at radius 2 is 1.93 bits per heavy atom. The zero-order valence-corrected chi connectivity index (χ0v) is 15.6. The Hall–Kier alpha value is -2.88. The van der Waals surface area contributed by atoms with Gasteiger partial charge in [0.2, 0.25) is 11.8 Å². The maximum Gasteiger partial charge on any atom is 0.303 e. The van der Waals surface area contributed by atoms with Crippen LogP contribution in [-0.2, 0) is 25.2 Å². The molecule has 2 aliphatic rings. The number of rotatable bonds is 7. The number of carbonyl (C=O) groups excluding carboxylic acids is 4. The number of nitrogens with zero attached hydrogens (tertiary/aromatic N) is 1. The smallest absolute Gasteiger partial charge is 0.303 e. The lowest BCUT2D eigenvalue weighted by Crippen LogP contribution is -2.54. The molecule has 28 heavy (non-hydrogen) atoms. The van der Waals surface area contributed by atoms with Gasteiger partial charge in [0.15, 0.2) is 0 Å². The molecule has 10 heteroatoms. The van der Waals surface area contributed by atoms with Crippen LogP contribution in [0.4, 0.5) is 0 Å². The Kier molecular flexibility index (Phi) is 5.68. The van der Waals surface area contributed by atoms with Crippen molar-refractivity contribution in [2.75, 3.05) is 5.75 Å². The van der Waals surface area contributed by atoms with Crippen LogP contribution in [-0.4, -0.2) is 55.6 Å². The number of hydrogen-bond donors (Lipinski definition) is 2. The second-order valence-corrected chi connectivity index (χ2v) is 8.07. The SMILES string of the molecule is O=C(O)CCCCS(=O)c1cccc2c1C(=O)N(C1CCC(=O)NC1=O)C2=O. The van der Waals surface area contributed by atoms with Crippen LogP contribution in [0.15, 0.2) is 23.1 Å². The van der Waals surface area contributed by atoms with Crippen molar-refractivity contribution < 1.29 is 33.3 Å². The summed E-state index contributed by atoms with van der Waals surface area (Å²) < 4.78 is 12.6. The Morgan fingerprint density at radius 3 is 2.61 bits per heavy atom. The number of piperidine rings is 1. The third-order valence-electron chi connectivity index (χ3n) is 4.65. The number of carbonyl (C=O) groups is 5. The normalized spacial score (nSPS) is 20.1. The number of carboxylic acid groups (broad SMARTS) is 1. The van der Waals surface area contributed by atoms with Crippen molar-refractivity contribution in [2.45, 2.75) is 43.0 Å². The number of hydrogen-bond acceptors (Lipinski definition) is 6. The number of fused-ring (bicyclic) bond motifs is 1. The number of nitrogens with one attached hydrogen (secondary N) is 1. The molecule has 1 saturated heterocycles. The number of aliphatic carboxylic acids is 1. The Morgan fingerprint density at radius 1 is 1.18 bits per heavy atom. The summed E-state index contributed by atoms with van der Waals surface area (Å²) in [5.41, 5.74) is 0.0832. The van der Waals surface area contributed by atoms with Gasteiger partial charge in [-0.2, -0.15) is 0 Å². The predicted molar refractivity (Wildman–Crippen MR) is 95.9 cm³/mol. The summed E-state index contributed by atoms with van der Waals surface area (Å²) in [6.45, 7) is 0. The maximum atomic E-state index is 12.9. The lowest BCUT2D eigenvalue weighted by Gasteiger charge is -2.27. The van der Waals surface area contributed by atoms with Gasteiger partial charge in [-0.1, -0.05) is 6.07 Å². The zero-order chi connectivity index (χ0) is 20.4. The molecule has 1 fully saturated rings. The van der Waals surface area contributed by atoms with Crippen molar-refractivity contribution in [1.82, 2.24) is 10.2 Å². The number of carboxylic acids is 1. The number of unbranched alkanes of at least 4 members (excludes halogenated alkanes) is 1. The first kappa shape index (κ1) is 19.9. The van der Waals surface area contributed by atoms with Gasteiger partial charge in [-0.25, -0.2) is 0 Å². The Labute approximate surface area is 162 Å². The van der Waals surface area contributed by atoms with Crippen LogP contribution in [0.3, 0.4) is 0 Å². The molecule has 0 spiro atoms. The van der Waals surface area contributed by atoms with Gasteiger partial charge in [0, 0.05) is 18.6 Å². The highest BCUT2D eigenvalue weighted by Crippen LogP contribution is 2.31. The summed E-state index contributed by atoms with van der Waals surface area (Å²) in [5, 5.41) is 10.8. The van der Waals surface area contributed by atoms with Gasteiger partial charge < -0.3 is 5.11 Å². The van der Waals surface area contributed by atoms with Gasteiger partial charge >= 0.3 is 5.97 Å². The molecule has 148 valence electrons. The third kappa shape index (κ3) is 3.72. The van der Waals surface area contributed by atoms with Crippen molar-refractivity contribution in [1.29, 1.82) is 0 Å². The molecule has 2 N–H and O–H groups in total. The molecule has 0 bridgehead atoms. The number of imide groups is 2. The van der Waals surface area contributed by atoms with Crippen molar-refractivity contribution in [3.8, 4) is 0 Å². The first-order chi connectivity index (χ1) is 13.3. The van der Waals surface area contributed by atoms with E-state index in [1.165, 1.54) is 18.2 Å². The summed E-state index contributed by atoms with van der Waals surface area (Å²) in [6, 6.07) is 3.36. The van der Waals surface area contributed by atoms with E-state index in [1.54, 1.807) is 0 Å². The van der Waals surface area contributed by atoms with Gasteiger partial charge in [0.1, 0.15) is 6.04 Å². The van der Waals surface area contributed by atoms with Gasteiger partial charge in [0.05, 0.1) is 26.8 Å². The summed E-state index contributed by atoms with van der Waals surface area (Å²) in [5.74, 6) is -3.30. The van der Waals surface area contributed by atoms with Gasteiger partial charge in [0.25, 0.3) is 11.8 Å². The highest BCUT2D eigenvalue weighted by atomic mass is 32.2. The van der Waals surface area contributed by atoms with Crippen molar-refractivity contribution >= 4 is 40.4 Å². The largest absolute Gasteiger partial charge is 0.481 e. The molecule has 2 aliphatic heterocycles. The molecule has 0 aromatic heterocycles. The van der Waals surface area contributed by atoms with Crippen LogP contribution in [0.5, 0.6) is 0 Å². The number of benzene rings is 1. The quantitative estimate of drug-likeness (QED) is 0.495. The van der Waals surface area contributed by atoms with E-state index in [0.29, 0.717) is 12.8 Å².